The van der Waals surface area contributed by atoms with Gasteiger partial charge in [-0.25, -0.2) is 4.98 Å². The molecule has 1 aliphatic rings. The number of benzene rings is 1. The van der Waals surface area contributed by atoms with E-state index in [9.17, 15) is 14.7 Å². The number of aliphatic hydroxyl groups is 1. The van der Waals surface area contributed by atoms with Gasteiger partial charge in [0.05, 0.1) is 36.8 Å². The summed E-state index contributed by atoms with van der Waals surface area (Å²) in [6, 6.07) is 10.8. The Morgan fingerprint density at radius 3 is 2.66 bits per heavy atom. The topological polar surface area (TPSA) is 96.2 Å². The number of amides is 1. The molecule has 182 valence electrons. The Bertz CT molecular complexity index is 1360. The number of rotatable bonds is 8. The standard InChI is InChI=1S/C25H26N4O4S2/c1-4-17(14-30)26-21-19(23(31)28-11-5-6-15(2)22(28)27-21)12-20-24(32)29(25(34)35-20)13-16-7-9-18(33-3)10-8-16/h5-12,17,26,30H,4,13-14H2,1-3H3. The number of aromatic nitrogens is 2. The predicted octanol–water partition coefficient (Wildman–Crippen LogP) is 3.60. The minimum absolute atomic E-state index is 0.116. The van der Waals surface area contributed by atoms with E-state index < -0.39 is 0 Å². The first kappa shape index (κ1) is 24.9. The number of methoxy groups -OCH3 is 1. The van der Waals surface area contributed by atoms with E-state index in [0.29, 0.717) is 33.7 Å². The van der Waals surface area contributed by atoms with Crippen molar-refractivity contribution in [2.75, 3.05) is 19.0 Å². The molecule has 3 heterocycles. The third-order valence-electron chi connectivity index (χ3n) is 5.79. The first-order valence-electron chi connectivity index (χ1n) is 11.1. The predicted molar refractivity (Wildman–Crippen MR) is 143 cm³/mol. The lowest BCUT2D eigenvalue weighted by Crippen LogP contribution is -2.28. The molecule has 10 heteroatoms. The van der Waals surface area contributed by atoms with Gasteiger partial charge in [0.2, 0.25) is 0 Å². The fourth-order valence-corrected chi connectivity index (χ4v) is 4.94. The van der Waals surface area contributed by atoms with E-state index in [2.05, 4.69) is 10.3 Å². The highest BCUT2D eigenvalue weighted by molar-refractivity contribution is 8.26. The average molecular weight is 511 g/mol. The van der Waals surface area contributed by atoms with Crippen molar-refractivity contribution >= 4 is 51.7 Å². The van der Waals surface area contributed by atoms with Gasteiger partial charge in [-0.15, -0.1) is 0 Å². The number of fused-ring (bicyclic) bond motifs is 1. The van der Waals surface area contributed by atoms with Crippen LogP contribution in [0.3, 0.4) is 0 Å². The molecule has 4 rings (SSSR count). The van der Waals surface area contributed by atoms with Crippen molar-refractivity contribution in [2.24, 2.45) is 0 Å². The van der Waals surface area contributed by atoms with Crippen molar-refractivity contribution < 1.29 is 14.6 Å². The summed E-state index contributed by atoms with van der Waals surface area (Å²) >= 11 is 6.63. The van der Waals surface area contributed by atoms with Crippen LogP contribution in [-0.2, 0) is 11.3 Å². The highest BCUT2D eigenvalue weighted by Gasteiger charge is 2.33. The summed E-state index contributed by atoms with van der Waals surface area (Å²) in [5.74, 6) is 0.780. The molecule has 1 amide bonds. The Hall–Kier alpha value is -3.21. The molecular weight excluding hydrogens is 484 g/mol. The largest absolute Gasteiger partial charge is 0.497 e. The summed E-state index contributed by atoms with van der Waals surface area (Å²) in [4.78, 5) is 33.3. The highest BCUT2D eigenvalue weighted by Crippen LogP contribution is 2.34. The molecule has 2 N–H and O–H groups in total. The summed E-state index contributed by atoms with van der Waals surface area (Å²) < 4.78 is 7.07. The van der Waals surface area contributed by atoms with Crippen LogP contribution in [0.25, 0.3) is 11.7 Å². The Labute approximate surface area is 212 Å². The van der Waals surface area contributed by atoms with Crippen molar-refractivity contribution in [3.05, 3.63) is 74.5 Å². The lowest BCUT2D eigenvalue weighted by Gasteiger charge is -2.18. The van der Waals surface area contributed by atoms with Crippen LogP contribution in [0.15, 0.2) is 52.3 Å². The number of thioether (sulfide) groups is 1. The van der Waals surface area contributed by atoms with Crippen LogP contribution < -0.4 is 15.6 Å². The molecular formula is C25H26N4O4S2. The summed E-state index contributed by atoms with van der Waals surface area (Å²) in [7, 11) is 1.60. The number of hydrogen-bond acceptors (Lipinski definition) is 8. The monoisotopic (exact) mass is 510 g/mol. The van der Waals surface area contributed by atoms with Crippen molar-refractivity contribution in [2.45, 2.75) is 32.9 Å². The Morgan fingerprint density at radius 1 is 1.26 bits per heavy atom. The number of anilines is 1. The molecule has 0 radical (unpaired) electrons. The Kier molecular flexibility index (Phi) is 7.54. The van der Waals surface area contributed by atoms with Gasteiger partial charge in [0, 0.05) is 6.20 Å². The van der Waals surface area contributed by atoms with E-state index in [1.54, 1.807) is 25.4 Å². The second-order valence-electron chi connectivity index (χ2n) is 8.11. The van der Waals surface area contributed by atoms with E-state index in [0.717, 1.165) is 28.6 Å². The summed E-state index contributed by atoms with van der Waals surface area (Å²) in [5, 5.41) is 12.9. The van der Waals surface area contributed by atoms with Crippen LogP contribution in [-0.4, -0.2) is 49.4 Å². The van der Waals surface area contributed by atoms with Gasteiger partial charge in [0.25, 0.3) is 11.5 Å². The zero-order valence-electron chi connectivity index (χ0n) is 19.6. The van der Waals surface area contributed by atoms with Gasteiger partial charge in [0.15, 0.2) is 0 Å². The van der Waals surface area contributed by atoms with E-state index in [1.165, 1.54) is 9.30 Å². The van der Waals surface area contributed by atoms with Crippen LogP contribution >= 0.6 is 24.0 Å². The molecule has 1 saturated heterocycles. The molecule has 8 nitrogen and oxygen atoms in total. The Morgan fingerprint density at radius 2 is 2.00 bits per heavy atom. The van der Waals surface area contributed by atoms with Crippen LogP contribution in [0.4, 0.5) is 5.82 Å². The van der Waals surface area contributed by atoms with Gasteiger partial charge < -0.3 is 15.2 Å². The van der Waals surface area contributed by atoms with E-state index in [4.69, 9.17) is 17.0 Å². The van der Waals surface area contributed by atoms with Crippen molar-refractivity contribution in [3.63, 3.8) is 0 Å². The molecule has 1 atom stereocenters. The lowest BCUT2D eigenvalue weighted by atomic mass is 10.2. The number of carbonyl (C=O) groups excluding carboxylic acids is 1. The maximum atomic E-state index is 13.5. The second kappa shape index (κ2) is 10.6. The zero-order valence-corrected chi connectivity index (χ0v) is 21.3. The van der Waals surface area contributed by atoms with E-state index in [1.807, 2.05) is 44.2 Å². The molecule has 0 saturated carbocycles. The minimum atomic E-state index is -0.311. The summed E-state index contributed by atoms with van der Waals surface area (Å²) in [6.45, 7) is 4.00. The van der Waals surface area contributed by atoms with Gasteiger partial charge in [0.1, 0.15) is 21.5 Å². The van der Waals surface area contributed by atoms with Crippen LogP contribution in [0.2, 0.25) is 0 Å². The molecule has 2 aromatic heterocycles. The molecule has 0 spiro atoms. The number of aryl methyl sites for hydroxylation is 1. The molecule has 1 aromatic carbocycles. The number of nitrogens with one attached hydrogen (secondary N) is 1. The summed E-state index contributed by atoms with van der Waals surface area (Å²) in [6.07, 6.45) is 3.83. The number of carbonyl (C=O) groups is 1. The molecule has 0 aliphatic carbocycles. The maximum Gasteiger partial charge on any atom is 0.267 e. The van der Waals surface area contributed by atoms with Gasteiger partial charge in [-0.05, 0) is 48.7 Å². The summed E-state index contributed by atoms with van der Waals surface area (Å²) in [5.41, 5.74) is 2.18. The van der Waals surface area contributed by atoms with Crippen LogP contribution in [0, 0.1) is 6.92 Å². The zero-order chi connectivity index (χ0) is 25.1. The normalized spacial score (nSPS) is 15.8. The first-order valence-corrected chi connectivity index (χ1v) is 12.4. The number of pyridine rings is 1. The first-order chi connectivity index (χ1) is 16.9. The van der Waals surface area contributed by atoms with Crippen LogP contribution in [0.5, 0.6) is 5.75 Å². The minimum Gasteiger partial charge on any atom is -0.497 e. The Balaban J connectivity index is 1.73. The quantitative estimate of drug-likeness (QED) is 0.351. The van der Waals surface area contributed by atoms with Crippen LogP contribution in [0.1, 0.15) is 30.0 Å². The molecule has 35 heavy (non-hydrogen) atoms. The number of aliphatic hydroxyl groups excluding tert-OH is 1. The van der Waals surface area contributed by atoms with Gasteiger partial charge in [-0.1, -0.05) is 49.1 Å². The SMILES string of the molecule is CCC(CO)Nc1nc2c(C)cccn2c(=O)c1C=C1SC(=S)N(Cc2ccc(OC)cc2)C1=O. The number of thiocarbonyl (C=S) groups is 1. The molecule has 1 aliphatic heterocycles. The van der Waals surface area contributed by atoms with Crippen molar-refractivity contribution in [3.8, 4) is 5.75 Å². The van der Waals surface area contributed by atoms with E-state index >= 15 is 0 Å². The third kappa shape index (κ3) is 5.09. The van der Waals surface area contributed by atoms with Gasteiger partial charge >= 0.3 is 0 Å². The van der Waals surface area contributed by atoms with Crippen molar-refractivity contribution in [1.82, 2.24) is 14.3 Å². The maximum absolute atomic E-state index is 13.5. The third-order valence-corrected chi connectivity index (χ3v) is 7.16. The number of nitrogens with zero attached hydrogens (tertiary/aromatic N) is 3. The molecule has 3 aromatic rings. The molecule has 1 unspecified atom stereocenters. The van der Waals surface area contributed by atoms with Gasteiger partial charge in [-0.2, -0.15) is 0 Å². The number of ether oxygens (including phenoxy) is 1. The fraction of sp³-hybridized carbons (Fsp3) is 0.280. The average Bonchev–Trinajstić information content (AvgIpc) is 3.13. The van der Waals surface area contributed by atoms with Gasteiger partial charge in [-0.3, -0.25) is 18.9 Å². The fourth-order valence-electron chi connectivity index (χ4n) is 3.70. The molecule has 1 fully saturated rings. The second-order valence-corrected chi connectivity index (χ2v) is 9.79. The highest BCUT2D eigenvalue weighted by atomic mass is 32.2. The van der Waals surface area contributed by atoms with E-state index in [-0.39, 0.29) is 29.7 Å². The number of hydrogen-bond donors (Lipinski definition) is 2. The molecule has 0 bridgehead atoms. The lowest BCUT2D eigenvalue weighted by molar-refractivity contribution is -0.122. The van der Waals surface area contributed by atoms with Crippen molar-refractivity contribution in [1.29, 1.82) is 0 Å². The smallest absolute Gasteiger partial charge is 0.267 e.